The topological polar surface area (TPSA) is 90.8 Å². The molecule has 0 radical (unpaired) electrons. The molecule has 1 saturated heterocycles. The second-order valence-corrected chi connectivity index (χ2v) is 5.48. The Morgan fingerprint density at radius 2 is 2.27 bits per heavy atom. The van der Waals surface area contributed by atoms with E-state index in [0.717, 1.165) is 24.1 Å². The first-order chi connectivity index (χ1) is 10.5. The Hall–Kier alpha value is -2.52. The fourth-order valence-corrected chi connectivity index (χ4v) is 2.56. The molecule has 1 aromatic rings. The van der Waals surface area contributed by atoms with Crippen molar-refractivity contribution in [3.63, 3.8) is 0 Å². The number of nitrogens with zero attached hydrogens (tertiary/aromatic N) is 3. The highest BCUT2D eigenvalue weighted by Gasteiger charge is 2.25. The Bertz CT molecular complexity index is 799. The molecule has 2 rings (SSSR count). The quantitative estimate of drug-likeness (QED) is 0.709. The average molecular weight is 299 g/mol. The standard InChI is InChI=1S/C16H21N5O/c1-4-5-14(20-9-13(18)10-20)15-12(3)19-16(22)21(15)8-11(2)6-7-17/h4-5,13H,2-3,6,8-10,18H2,1H3,(H,19,22)/b5-4-,15-14-. The molecule has 0 saturated carbocycles. The fourth-order valence-electron chi connectivity index (χ4n) is 2.56. The van der Waals surface area contributed by atoms with Crippen molar-refractivity contribution in [1.82, 2.24) is 14.5 Å². The molecular weight excluding hydrogens is 278 g/mol. The van der Waals surface area contributed by atoms with E-state index in [1.54, 1.807) is 4.57 Å². The number of nitrogens with one attached hydrogen (secondary N) is 1. The lowest BCUT2D eigenvalue weighted by Crippen LogP contribution is -2.56. The van der Waals surface area contributed by atoms with Crippen LogP contribution in [0.1, 0.15) is 13.3 Å². The highest BCUT2D eigenvalue weighted by molar-refractivity contribution is 5.55. The summed E-state index contributed by atoms with van der Waals surface area (Å²) in [5.74, 6) is 0. The summed E-state index contributed by atoms with van der Waals surface area (Å²) in [5.41, 5.74) is 7.22. The van der Waals surface area contributed by atoms with Gasteiger partial charge in [-0.25, -0.2) is 4.79 Å². The zero-order valence-electron chi connectivity index (χ0n) is 12.8. The van der Waals surface area contributed by atoms with Crippen LogP contribution in [-0.2, 0) is 6.54 Å². The Kier molecular flexibility index (Phi) is 4.68. The van der Waals surface area contributed by atoms with Gasteiger partial charge in [-0.3, -0.25) is 4.57 Å². The Morgan fingerprint density at radius 1 is 1.59 bits per heavy atom. The summed E-state index contributed by atoms with van der Waals surface area (Å²) in [5, 5.41) is 10.0. The summed E-state index contributed by atoms with van der Waals surface area (Å²) in [4.78, 5) is 17.0. The average Bonchev–Trinajstić information content (AvgIpc) is 2.68. The van der Waals surface area contributed by atoms with Gasteiger partial charge in [0.2, 0.25) is 0 Å². The zero-order chi connectivity index (χ0) is 16.3. The smallest absolute Gasteiger partial charge is 0.326 e. The molecule has 22 heavy (non-hydrogen) atoms. The summed E-state index contributed by atoms with van der Waals surface area (Å²) in [6.45, 7) is 11.5. The first kappa shape index (κ1) is 15.9. The molecule has 0 aromatic carbocycles. The molecular formula is C16H21N5O. The van der Waals surface area contributed by atoms with Crippen LogP contribution in [-0.4, -0.2) is 33.6 Å². The highest BCUT2D eigenvalue weighted by atomic mass is 16.1. The molecule has 2 heterocycles. The first-order valence-electron chi connectivity index (χ1n) is 7.16. The number of hydrogen-bond acceptors (Lipinski definition) is 4. The van der Waals surface area contributed by atoms with E-state index in [1.807, 2.05) is 19.1 Å². The molecule has 116 valence electrons. The number of rotatable bonds is 5. The molecule has 0 amide bonds. The van der Waals surface area contributed by atoms with E-state index in [-0.39, 0.29) is 18.2 Å². The minimum absolute atomic E-state index is 0.154. The number of H-pyrrole nitrogens is 1. The van der Waals surface area contributed by atoms with Gasteiger partial charge in [-0.1, -0.05) is 19.2 Å². The van der Waals surface area contributed by atoms with Crippen LogP contribution < -0.4 is 22.1 Å². The number of likely N-dealkylation sites (tertiary alicyclic amines) is 1. The van der Waals surface area contributed by atoms with Gasteiger partial charge in [-0.2, -0.15) is 5.26 Å². The highest BCUT2D eigenvalue weighted by Crippen LogP contribution is 2.14. The van der Waals surface area contributed by atoms with Crippen LogP contribution >= 0.6 is 0 Å². The van der Waals surface area contributed by atoms with Gasteiger partial charge < -0.3 is 15.6 Å². The number of hydrogen-bond donors (Lipinski definition) is 2. The molecule has 6 heteroatoms. The molecule has 1 aliphatic rings. The summed E-state index contributed by atoms with van der Waals surface area (Å²) in [7, 11) is 0. The van der Waals surface area contributed by atoms with Crippen LogP contribution in [0.4, 0.5) is 0 Å². The zero-order valence-corrected chi connectivity index (χ0v) is 12.8. The molecule has 0 atom stereocenters. The first-order valence-corrected chi connectivity index (χ1v) is 7.16. The molecule has 0 bridgehead atoms. The maximum atomic E-state index is 12.2. The number of aromatic nitrogens is 2. The minimum atomic E-state index is -0.245. The molecule has 1 aliphatic heterocycles. The normalized spacial score (nSPS) is 16.5. The van der Waals surface area contributed by atoms with Crippen molar-refractivity contribution in [2.24, 2.45) is 5.73 Å². The lowest BCUT2D eigenvalue weighted by Gasteiger charge is -2.39. The van der Waals surface area contributed by atoms with E-state index in [0.29, 0.717) is 17.5 Å². The summed E-state index contributed by atoms with van der Waals surface area (Å²) >= 11 is 0. The van der Waals surface area contributed by atoms with E-state index in [4.69, 9.17) is 11.0 Å². The van der Waals surface area contributed by atoms with E-state index in [2.05, 4.69) is 29.1 Å². The van der Waals surface area contributed by atoms with E-state index < -0.39 is 0 Å². The van der Waals surface area contributed by atoms with Gasteiger partial charge in [0.25, 0.3) is 0 Å². The van der Waals surface area contributed by atoms with Crippen LogP contribution in [0.15, 0.2) is 29.1 Å². The van der Waals surface area contributed by atoms with Crippen molar-refractivity contribution in [3.05, 3.63) is 45.5 Å². The number of nitriles is 1. The lowest BCUT2D eigenvalue weighted by atomic mass is 10.1. The largest absolute Gasteiger partial charge is 0.367 e. The van der Waals surface area contributed by atoms with Crippen molar-refractivity contribution in [2.45, 2.75) is 25.9 Å². The fraction of sp³-hybridized carbons (Fsp3) is 0.375. The molecule has 1 fully saturated rings. The van der Waals surface area contributed by atoms with Crippen molar-refractivity contribution in [1.29, 1.82) is 5.26 Å². The number of nitrogens with two attached hydrogens (primary N) is 1. The van der Waals surface area contributed by atoms with E-state index in [1.165, 1.54) is 0 Å². The second kappa shape index (κ2) is 6.50. The Morgan fingerprint density at radius 3 is 2.82 bits per heavy atom. The SMILES string of the molecule is C=C(CC#N)Cn1c(=O)[nH]c(=C)/c1=C(\C=C/C)N1CC(N)C1. The van der Waals surface area contributed by atoms with Crippen LogP contribution in [0.3, 0.4) is 0 Å². The number of aromatic amines is 1. The third kappa shape index (κ3) is 3.05. The Labute approximate surface area is 129 Å². The number of allylic oxidation sites excluding steroid dienone is 2. The van der Waals surface area contributed by atoms with Crippen LogP contribution in [0.2, 0.25) is 0 Å². The van der Waals surface area contributed by atoms with Gasteiger partial charge >= 0.3 is 5.69 Å². The summed E-state index contributed by atoms with van der Waals surface area (Å²) in [6, 6.07) is 2.20. The predicted octanol–water partition coefficient (Wildman–Crippen LogP) is -0.616. The van der Waals surface area contributed by atoms with E-state index >= 15 is 0 Å². The van der Waals surface area contributed by atoms with Crippen molar-refractivity contribution in [2.75, 3.05) is 13.1 Å². The Balaban J connectivity index is 2.59. The van der Waals surface area contributed by atoms with Gasteiger partial charge in [0.15, 0.2) is 0 Å². The van der Waals surface area contributed by atoms with Gasteiger partial charge in [0.1, 0.15) is 0 Å². The van der Waals surface area contributed by atoms with Crippen LogP contribution in [0.5, 0.6) is 0 Å². The van der Waals surface area contributed by atoms with Crippen LogP contribution in [0, 0.1) is 11.3 Å². The third-order valence-electron chi connectivity index (χ3n) is 3.59. The van der Waals surface area contributed by atoms with Crippen molar-refractivity contribution < 1.29 is 0 Å². The maximum Gasteiger partial charge on any atom is 0.326 e. The van der Waals surface area contributed by atoms with Gasteiger partial charge in [-0.15, -0.1) is 0 Å². The molecule has 0 unspecified atom stereocenters. The summed E-state index contributed by atoms with van der Waals surface area (Å²) in [6.07, 6.45) is 4.09. The van der Waals surface area contributed by atoms with Gasteiger partial charge in [0.05, 0.1) is 28.9 Å². The van der Waals surface area contributed by atoms with Gasteiger partial charge in [-0.05, 0) is 18.6 Å². The lowest BCUT2D eigenvalue weighted by molar-refractivity contribution is 0.237. The number of imidazole rings is 1. The molecule has 1 aromatic heterocycles. The molecule has 0 spiro atoms. The molecule has 3 N–H and O–H groups in total. The summed E-state index contributed by atoms with van der Waals surface area (Å²) < 4.78 is 1.58. The second-order valence-electron chi connectivity index (χ2n) is 5.48. The monoisotopic (exact) mass is 299 g/mol. The minimum Gasteiger partial charge on any atom is -0.367 e. The third-order valence-corrected chi connectivity index (χ3v) is 3.59. The maximum absolute atomic E-state index is 12.2. The molecule has 6 nitrogen and oxygen atoms in total. The van der Waals surface area contributed by atoms with Gasteiger partial charge in [0, 0.05) is 25.7 Å². The van der Waals surface area contributed by atoms with E-state index in [9.17, 15) is 4.79 Å². The van der Waals surface area contributed by atoms with Crippen molar-refractivity contribution in [3.8, 4) is 6.07 Å². The molecule has 0 aliphatic carbocycles. The van der Waals surface area contributed by atoms with Crippen LogP contribution in [0.25, 0.3) is 12.3 Å². The predicted molar refractivity (Wildman–Crippen MR) is 87.0 cm³/mol. The van der Waals surface area contributed by atoms with Crippen molar-refractivity contribution >= 4 is 12.3 Å².